The van der Waals surface area contributed by atoms with Gasteiger partial charge in [-0.3, -0.25) is 0 Å². The molecule has 1 rings (SSSR count). The maximum atomic E-state index is 11.4. The third-order valence-electron chi connectivity index (χ3n) is 2.86. The number of carboxylic acids is 1. The summed E-state index contributed by atoms with van der Waals surface area (Å²) < 4.78 is 22.9. The molecule has 0 fully saturated rings. The van der Waals surface area contributed by atoms with E-state index in [0.29, 0.717) is 17.9 Å². The fourth-order valence-corrected chi connectivity index (χ4v) is 2.42. The summed E-state index contributed by atoms with van der Waals surface area (Å²) in [5.41, 5.74) is 6.82. The molecule has 0 radical (unpaired) electrons. The van der Waals surface area contributed by atoms with Crippen molar-refractivity contribution in [2.75, 3.05) is 35.7 Å². The summed E-state index contributed by atoms with van der Waals surface area (Å²) >= 11 is 0. The number of benzene rings is 1. The number of nitrogens with zero attached hydrogens (tertiary/aromatic N) is 1. The molecular weight excluding hydrogens is 268 g/mol. The lowest BCUT2D eigenvalue weighted by atomic mass is 10.1. The van der Waals surface area contributed by atoms with Crippen molar-refractivity contribution >= 4 is 27.2 Å². The van der Waals surface area contributed by atoms with Gasteiger partial charge >= 0.3 is 5.97 Å². The van der Waals surface area contributed by atoms with Gasteiger partial charge in [0, 0.05) is 19.3 Å². The first kappa shape index (κ1) is 15.3. The molecule has 1 aromatic rings. The van der Waals surface area contributed by atoms with Gasteiger partial charge in [-0.05, 0) is 18.2 Å². The van der Waals surface area contributed by atoms with Crippen molar-refractivity contribution in [2.24, 2.45) is 0 Å². The van der Waals surface area contributed by atoms with Crippen LogP contribution in [0.5, 0.6) is 0 Å². The highest BCUT2D eigenvalue weighted by Gasteiger charge is 2.13. The largest absolute Gasteiger partial charge is 0.478 e. The van der Waals surface area contributed by atoms with Gasteiger partial charge in [-0.15, -0.1) is 0 Å². The molecule has 0 atom stereocenters. The number of hydrogen-bond donors (Lipinski definition) is 2. The zero-order valence-electron chi connectivity index (χ0n) is 11.0. The highest BCUT2D eigenvalue weighted by atomic mass is 32.2. The summed E-state index contributed by atoms with van der Waals surface area (Å²) in [4.78, 5) is 12.5. The summed E-state index contributed by atoms with van der Waals surface area (Å²) in [6.45, 7) is 1.91. The summed E-state index contributed by atoms with van der Waals surface area (Å²) in [7, 11) is -1.31. The number of nitrogens with two attached hydrogens (primary N) is 1. The SMILES string of the molecule is CCS(=O)(=O)CCN(C)c1ccc(C(=O)O)cc1N. The molecule has 0 aliphatic carbocycles. The lowest BCUT2D eigenvalue weighted by Gasteiger charge is -2.21. The molecular formula is C12H18N2O4S. The van der Waals surface area contributed by atoms with E-state index in [1.165, 1.54) is 12.1 Å². The second-order valence-electron chi connectivity index (χ2n) is 4.24. The van der Waals surface area contributed by atoms with Crippen LogP contribution in [0.4, 0.5) is 11.4 Å². The molecule has 0 aliphatic heterocycles. The number of aromatic carboxylic acids is 1. The highest BCUT2D eigenvalue weighted by molar-refractivity contribution is 7.91. The zero-order chi connectivity index (χ0) is 14.6. The number of sulfone groups is 1. The van der Waals surface area contributed by atoms with Crippen LogP contribution in [-0.4, -0.2) is 44.6 Å². The maximum absolute atomic E-state index is 11.4. The Labute approximate surface area is 112 Å². The van der Waals surface area contributed by atoms with Crippen molar-refractivity contribution in [1.82, 2.24) is 0 Å². The van der Waals surface area contributed by atoms with E-state index in [2.05, 4.69) is 0 Å². The number of carboxylic acid groups (broad SMARTS) is 1. The number of rotatable bonds is 6. The topological polar surface area (TPSA) is 101 Å². The normalized spacial score (nSPS) is 11.3. The van der Waals surface area contributed by atoms with Gasteiger partial charge in [0.2, 0.25) is 0 Å². The van der Waals surface area contributed by atoms with Gasteiger partial charge in [0.15, 0.2) is 9.84 Å². The van der Waals surface area contributed by atoms with Crippen LogP contribution in [0.3, 0.4) is 0 Å². The van der Waals surface area contributed by atoms with Crippen LogP contribution < -0.4 is 10.6 Å². The molecule has 6 nitrogen and oxygen atoms in total. The number of anilines is 2. The molecule has 0 aromatic heterocycles. The maximum Gasteiger partial charge on any atom is 0.335 e. The lowest BCUT2D eigenvalue weighted by molar-refractivity contribution is 0.0697. The van der Waals surface area contributed by atoms with Crippen molar-refractivity contribution in [3.63, 3.8) is 0 Å². The van der Waals surface area contributed by atoms with Crippen molar-refractivity contribution in [3.8, 4) is 0 Å². The Bertz CT molecular complexity index is 569. The van der Waals surface area contributed by atoms with Gasteiger partial charge in [0.1, 0.15) is 0 Å². The molecule has 0 saturated heterocycles. The second kappa shape index (κ2) is 5.92. The van der Waals surface area contributed by atoms with E-state index in [1.54, 1.807) is 24.9 Å². The summed E-state index contributed by atoms with van der Waals surface area (Å²) in [6.07, 6.45) is 0. The first-order valence-corrected chi connectivity index (χ1v) is 7.63. The van der Waals surface area contributed by atoms with Crippen LogP contribution in [0.2, 0.25) is 0 Å². The fourth-order valence-electron chi connectivity index (χ4n) is 1.58. The van der Waals surface area contributed by atoms with Crippen LogP contribution >= 0.6 is 0 Å². The molecule has 0 bridgehead atoms. The first-order chi connectivity index (χ1) is 8.76. The van der Waals surface area contributed by atoms with Gasteiger partial charge in [0.05, 0.1) is 22.7 Å². The third kappa shape index (κ3) is 4.13. The molecule has 3 N–H and O–H groups in total. The highest BCUT2D eigenvalue weighted by Crippen LogP contribution is 2.23. The average Bonchev–Trinajstić information content (AvgIpc) is 2.36. The minimum Gasteiger partial charge on any atom is -0.478 e. The smallest absolute Gasteiger partial charge is 0.335 e. The third-order valence-corrected chi connectivity index (χ3v) is 4.55. The molecule has 1 aromatic carbocycles. The van der Waals surface area contributed by atoms with E-state index in [-0.39, 0.29) is 17.1 Å². The van der Waals surface area contributed by atoms with Crippen molar-refractivity contribution in [3.05, 3.63) is 23.8 Å². The molecule has 0 heterocycles. The van der Waals surface area contributed by atoms with Crippen molar-refractivity contribution in [1.29, 1.82) is 0 Å². The molecule has 0 spiro atoms. The van der Waals surface area contributed by atoms with Gasteiger partial charge in [-0.25, -0.2) is 13.2 Å². The van der Waals surface area contributed by atoms with E-state index in [9.17, 15) is 13.2 Å². The Balaban J connectivity index is 2.83. The summed E-state index contributed by atoms with van der Waals surface area (Å²) in [5.74, 6) is -0.900. The predicted molar refractivity (Wildman–Crippen MR) is 75.4 cm³/mol. The lowest BCUT2D eigenvalue weighted by Crippen LogP contribution is -2.26. The molecule has 0 amide bonds. The van der Waals surface area contributed by atoms with Crippen molar-refractivity contribution < 1.29 is 18.3 Å². The minimum atomic E-state index is -3.03. The van der Waals surface area contributed by atoms with E-state index in [0.717, 1.165) is 0 Å². The first-order valence-electron chi connectivity index (χ1n) is 5.81. The molecule has 106 valence electrons. The second-order valence-corrected chi connectivity index (χ2v) is 6.71. The van der Waals surface area contributed by atoms with Gasteiger partial charge < -0.3 is 15.7 Å². The monoisotopic (exact) mass is 286 g/mol. The van der Waals surface area contributed by atoms with Crippen LogP contribution in [0.15, 0.2) is 18.2 Å². The van der Waals surface area contributed by atoms with E-state index < -0.39 is 15.8 Å². The van der Waals surface area contributed by atoms with Crippen LogP contribution in [0.25, 0.3) is 0 Å². The molecule has 0 aliphatic rings. The Morgan fingerprint density at radius 2 is 2.05 bits per heavy atom. The summed E-state index contributed by atoms with van der Waals surface area (Å²) in [6, 6.07) is 4.39. The van der Waals surface area contributed by atoms with E-state index >= 15 is 0 Å². The van der Waals surface area contributed by atoms with Crippen LogP contribution in [0, 0.1) is 0 Å². The Morgan fingerprint density at radius 3 is 2.53 bits per heavy atom. The van der Waals surface area contributed by atoms with Crippen LogP contribution in [-0.2, 0) is 9.84 Å². The number of hydrogen-bond acceptors (Lipinski definition) is 5. The quantitative estimate of drug-likeness (QED) is 0.751. The average molecular weight is 286 g/mol. The molecule has 19 heavy (non-hydrogen) atoms. The number of nitrogen functional groups attached to an aromatic ring is 1. The molecule has 0 saturated carbocycles. The summed E-state index contributed by atoms with van der Waals surface area (Å²) in [5, 5.41) is 8.83. The zero-order valence-corrected chi connectivity index (χ0v) is 11.8. The van der Waals surface area contributed by atoms with E-state index in [1.807, 2.05) is 0 Å². The van der Waals surface area contributed by atoms with Gasteiger partial charge in [-0.1, -0.05) is 6.92 Å². The van der Waals surface area contributed by atoms with Crippen LogP contribution in [0.1, 0.15) is 17.3 Å². The Morgan fingerprint density at radius 1 is 1.42 bits per heavy atom. The predicted octanol–water partition coefficient (Wildman–Crippen LogP) is 0.838. The number of carbonyl (C=O) groups is 1. The minimum absolute atomic E-state index is 0.0418. The van der Waals surface area contributed by atoms with Gasteiger partial charge in [-0.2, -0.15) is 0 Å². The Hall–Kier alpha value is -1.76. The molecule has 0 unspecified atom stereocenters. The van der Waals surface area contributed by atoms with Gasteiger partial charge in [0.25, 0.3) is 0 Å². The fraction of sp³-hybridized carbons (Fsp3) is 0.417. The Kier molecular flexibility index (Phi) is 4.77. The van der Waals surface area contributed by atoms with Crippen molar-refractivity contribution in [2.45, 2.75) is 6.92 Å². The standard InChI is InChI=1S/C12H18N2O4S/c1-3-19(17,18)7-6-14(2)11-5-4-9(12(15)16)8-10(11)13/h4-5,8H,3,6-7,13H2,1-2H3,(H,15,16). The van der Waals surface area contributed by atoms with E-state index in [4.69, 9.17) is 10.8 Å². The molecule has 7 heteroatoms.